The molecule has 0 bridgehead atoms. The minimum absolute atomic E-state index is 0.246. The smallest absolute Gasteiger partial charge is 0.173 e. The standard InChI is InChI=1S/C19H20N2O2S/c1-14-7-9-16(10-8-14)21-18(15-5-3-2-4-6-15)11-20-19(21)24-13-17(23)12-22/h2-11,17,22-23H,12-13H2,1H3/t17-/m1/s1. The van der Waals surface area contributed by atoms with Crippen LogP contribution >= 0.6 is 11.8 Å². The summed E-state index contributed by atoms with van der Waals surface area (Å²) in [6, 6.07) is 18.4. The Kier molecular flexibility index (Phi) is 5.35. The Hall–Kier alpha value is -2.08. The Morgan fingerprint density at radius 2 is 1.79 bits per heavy atom. The van der Waals surface area contributed by atoms with Gasteiger partial charge in [-0.05, 0) is 19.1 Å². The minimum Gasteiger partial charge on any atom is -0.394 e. The zero-order valence-corrected chi connectivity index (χ0v) is 14.3. The Morgan fingerprint density at radius 3 is 2.46 bits per heavy atom. The minimum atomic E-state index is -0.752. The van der Waals surface area contributed by atoms with Gasteiger partial charge in [-0.2, -0.15) is 0 Å². The molecule has 0 aliphatic heterocycles. The van der Waals surface area contributed by atoms with Crippen molar-refractivity contribution in [2.75, 3.05) is 12.4 Å². The predicted molar refractivity (Wildman–Crippen MR) is 97.6 cm³/mol. The molecule has 0 saturated heterocycles. The monoisotopic (exact) mass is 340 g/mol. The first-order valence-corrected chi connectivity index (χ1v) is 8.79. The van der Waals surface area contributed by atoms with Crippen LogP contribution in [0.25, 0.3) is 16.9 Å². The van der Waals surface area contributed by atoms with Crippen LogP contribution in [0.1, 0.15) is 5.56 Å². The van der Waals surface area contributed by atoms with E-state index in [0.29, 0.717) is 5.75 Å². The number of hydrogen-bond acceptors (Lipinski definition) is 4. The van der Waals surface area contributed by atoms with Crippen LogP contribution in [0.15, 0.2) is 66.0 Å². The van der Waals surface area contributed by atoms with Crippen molar-refractivity contribution >= 4 is 11.8 Å². The average Bonchev–Trinajstić information content (AvgIpc) is 3.05. The highest BCUT2D eigenvalue weighted by Gasteiger charge is 2.15. The lowest BCUT2D eigenvalue weighted by atomic mass is 10.1. The first kappa shape index (κ1) is 16.8. The van der Waals surface area contributed by atoms with E-state index in [1.807, 2.05) is 24.4 Å². The van der Waals surface area contributed by atoms with Gasteiger partial charge in [-0.25, -0.2) is 4.98 Å². The Bertz CT molecular complexity index is 785. The van der Waals surface area contributed by atoms with Crippen molar-refractivity contribution in [2.45, 2.75) is 18.2 Å². The van der Waals surface area contributed by atoms with Gasteiger partial charge in [0.15, 0.2) is 5.16 Å². The van der Waals surface area contributed by atoms with Crippen molar-refractivity contribution < 1.29 is 10.2 Å². The van der Waals surface area contributed by atoms with Crippen molar-refractivity contribution in [1.82, 2.24) is 9.55 Å². The molecule has 0 fully saturated rings. The van der Waals surface area contributed by atoms with Gasteiger partial charge in [-0.3, -0.25) is 4.57 Å². The van der Waals surface area contributed by atoms with E-state index in [1.165, 1.54) is 17.3 Å². The molecule has 1 atom stereocenters. The van der Waals surface area contributed by atoms with Gasteiger partial charge >= 0.3 is 0 Å². The lowest BCUT2D eigenvalue weighted by molar-refractivity contribution is 0.113. The Labute approximate surface area is 145 Å². The number of aromatic nitrogens is 2. The number of aliphatic hydroxyl groups excluding tert-OH is 2. The van der Waals surface area contributed by atoms with Gasteiger partial charge in [0.05, 0.1) is 24.6 Å². The molecule has 0 radical (unpaired) electrons. The van der Waals surface area contributed by atoms with Gasteiger partial charge in [0.25, 0.3) is 0 Å². The molecule has 0 aliphatic carbocycles. The molecule has 0 saturated carbocycles. The zero-order chi connectivity index (χ0) is 16.9. The van der Waals surface area contributed by atoms with E-state index in [1.54, 1.807) is 0 Å². The highest BCUT2D eigenvalue weighted by atomic mass is 32.2. The molecular formula is C19H20N2O2S. The van der Waals surface area contributed by atoms with Crippen molar-refractivity contribution in [3.63, 3.8) is 0 Å². The van der Waals surface area contributed by atoms with Crippen LogP contribution in [0.2, 0.25) is 0 Å². The van der Waals surface area contributed by atoms with Crippen molar-refractivity contribution in [2.24, 2.45) is 0 Å². The van der Waals surface area contributed by atoms with Crippen LogP contribution in [0.3, 0.4) is 0 Å². The third-order valence-corrected chi connectivity index (χ3v) is 4.80. The molecule has 0 amide bonds. The van der Waals surface area contributed by atoms with Crippen molar-refractivity contribution in [3.8, 4) is 16.9 Å². The van der Waals surface area contributed by atoms with E-state index < -0.39 is 6.10 Å². The van der Waals surface area contributed by atoms with Crippen LogP contribution in [0.4, 0.5) is 0 Å². The number of thioether (sulfide) groups is 1. The quantitative estimate of drug-likeness (QED) is 0.676. The highest BCUT2D eigenvalue weighted by Crippen LogP contribution is 2.30. The second-order valence-corrected chi connectivity index (χ2v) is 6.60. The summed E-state index contributed by atoms with van der Waals surface area (Å²) < 4.78 is 2.09. The SMILES string of the molecule is Cc1ccc(-n2c(-c3ccccc3)cnc2SC[C@H](O)CO)cc1. The summed E-state index contributed by atoms with van der Waals surface area (Å²) in [5, 5.41) is 19.5. The number of rotatable bonds is 6. The van der Waals surface area contributed by atoms with Crippen molar-refractivity contribution in [3.05, 3.63) is 66.4 Å². The summed E-state index contributed by atoms with van der Waals surface area (Å²) in [6.45, 7) is 1.81. The molecule has 1 aromatic heterocycles. The topological polar surface area (TPSA) is 58.3 Å². The lowest BCUT2D eigenvalue weighted by Gasteiger charge is -2.13. The molecule has 124 valence electrons. The van der Waals surface area contributed by atoms with Gasteiger partial charge < -0.3 is 10.2 Å². The van der Waals surface area contributed by atoms with Gasteiger partial charge in [0, 0.05) is 17.0 Å². The summed E-state index contributed by atoms with van der Waals surface area (Å²) in [5.41, 5.74) is 4.31. The number of nitrogens with zero attached hydrogens (tertiary/aromatic N) is 2. The van der Waals surface area contributed by atoms with Crippen LogP contribution in [-0.4, -0.2) is 38.2 Å². The van der Waals surface area contributed by atoms with E-state index in [9.17, 15) is 5.11 Å². The van der Waals surface area contributed by atoms with E-state index in [-0.39, 0.29) is 6.61 Å². The largest absolute Gasteiger partial charge is 0.394 e. The fraction of sp³-hybridized carbons (Fsp3) is 0.211. The summed E-state index contributed by atoms with van der Waals surface area (Å²) in [6.07, 6.45) is 1.10. The van der Waals surface area contributed by atoms with E-state index >= 15 is 0 Å². The molecule has 5 heteroatoms. The molecule has 3 aromatic rings. The number of aryl methyl sites for hydroxylation is 1. The predicted octanol–water partition coefficient (Wildman–Crippen LogP) is 3.29. The summed E-state index contributed by atoms with van der Waals surface area (Å²) >= 11 is 1.44. The zero-order valence-electron chi connectivity index (χ0n) is 13.5. The molecule has 24 heavy (non-hydrogen) atoms. The van der Waals surface area contributed by atoms with E-state index in [4.69, 9.17) is 5.11 Å². The van der Waals surface area contributed by atoms with Crippen LogP contribution < -0.4 is 0 Å². The molecule has 2 aromatic carbocycles. The molecule has 0 aliphatic rings. The van der Waals surface area contributed by atoms with Crippen LogP contribution in [0, 0.1) is 6.92 Å². The highest BCUT2D eigenvalue weighted by molar-refractivity contribution is 7.99. The Morgan fingerprint density at radius 1 is 1.08 bits per heavy atom. The second-order valence-electron chi connectivity index (χ2n) is 5.61. The summed E-state index contributed by atoms with van der Waals surface area (Å²) in [5.74, 6) is 0.396. The summed E-state index contributed by atoms with van der Waals surface area (Å²) in [7, 11) is 0. The number of aliphatic hydroxyl groups is 2. The fourth-order valence-corrected chi connectivity index (χ4v) is 3.32. The molecule has 1 heterocycles. The second kappa shape index (κ2) is 7.66. The number of hydrogen-bond donors (Lipinski definition) is 2. The third-order valence-electron chi connectivity index (χ3n) is 3.71. The lowest BCUT2D eigenvalue weighted by Crippen LogP contribution is -2.15. The first-order valence-electron chi connectivity index (χ1n) is 7.81. The normalized spacial score (nSPS) is 12.3. The van der Waals surface area contributed by atoms with Crippen molar-refractivity contribution in [1.29, 1.82) is 0 Å². The Balaban J connectivity index is 2.03. The molecule has 0 spiro atoms. The fourth-order valence-electron chi connectivity index (χ4n) is 2.42. The van der Waals surface area contributed by atoms with Gasteiger partial charge in [0.1, 0.15) is 0 Å². The third kappa shape index (κ3) is 3.70. The maximum Gasteiger partial charge on any atom is 0.173 e. The van der Waals surface area contributed by atoms with Gasteiger partial charge in [0.2, 0.25) is 0 Å². The molecule has 2 N–H and O–H groups in total. The summed E-state index contributed by atoms with van der Waals surface area (Å²) in [4.78, 5) is 4.53. The molecule has 4 nitrogen and oxygen atoms in total. The average molecular weight is 340 g/mol. The molecular weight excluding hydrogens is 320 g/mol. The van der Waals surface area contributed by atoms with E-state index in [2.05, 4.69) is 52.9 Å². The number of benzene rings is 2. The molecule has 3 rings (SSSR count). The van der Waals surface area contributed by atoms with Gasteiger partial charge in [-0.1, -0.05) is 59.8 Å². The first-order chi connectivity index (χ1) is 11.7. The number of imidazole rings is 1. The molecule has 0 unspecified atom stereocenters. The van der Waals surface area contributed by atoms with Crippen LogP contribution in [-0.2, 0) is 0 Å². The van der Waals surface area contributed by atoms with E-state index in [0.717, 1.165) is 22.1 Å². The maximum atomic E-state index is 9.63. The maximum absolute atomic E-state index is 9.63. The van der Waals surface area contributed by atoms with Gasteiger partial charge in [-0.15, -0.1) is 0 Å². The van der Waals surface area contributed by atoms with Crippen LogP contribution in [0.5, 0.6) is 0 Å².